The van der Waals surface area contributed by atoms with Gasteiger partial charge in [-0.25, -0.2) is 8.42 Å². The summed E-state index contributed by atoms with van der Waals surface area (Å²) in [5.41, 5.74) is 0.644. The maximum atomic E-state index is 13.4. The number of sulfonamides is 1. The molecule has 9 heteroatoms. The molecule has 1 aliphatic rings. The molecular weight excluding hydrogens is 432 g/mol. The minimum Gasteiger partial charge on any atom is -0.487 e. The monoisotopic (exact) mass is 466 g/mol. The lowest BCUT2D eigenvalue weighted by molar-refractivity contribution is -0.135. The number of carbonyl (C=O) groups is 1. The first kappa shape index (κ1) is 26.1. The second-order valence-electron chi connectivity index (χ2n) is 8.53. The smallest absolute Gasteiger partial charge is 0.248 e. The normalized spacial score (nSPS) is 21.4. The maximum Gasteiger partial charge on any atom is 0.248 e. The molecule has 2 rings (SSSR count). The number of hydrogen-bond acceptors (Lipinski definition) is 6. The molecule has 0 aromatic heterocycles. The molecule has 0 spiro atoms. The zero-order chi connectivity index (χ0) is 24.1. The van der Waals surface area contributed by atoms with E-state index in [0.29, 0.717) is 5.56 Å². The number of fused-ring (bicyclic) bond motifs is 1. The summed E-state index contributed by atoms with van der Waals surface area (Å²) < 4.78 is 39.3. The molecule has 0 radical (unpaired) electrons. The van der Waals surface area contributed by atoms with E-state index in [-0.39, 0.29) is 54.7 Å². The summed E-state index contributed by atoms with van der Waals surface area (Å²) >= 11 is 0. The summed E-state index contributed by atoms with van der Waals surface area (Å²) in [5, 5.41) is 9.70. The zero-order valence-electron chi connectivity index (χ0n) is 19.7. The Morgan fingerprint density at radius 1 is 1.38 bits per heavy atom. The van der Waals surface area contributed by atoms with E-state index in [0.717, 1.165) is 0 Å². The number of hydrogen-bond donors (Lipinski definition) is 1. The lowest BCUT2D eigenvalue weighted by Crippen LogP contribution is -2.50. The minimum atomic E-state index is -3.91. The standard InChI is InChI=1S/C23H34N2O6S/c1-16(2)7-8-19-9-10-22-20(11-19)31-21(13-24(5)23(27)15-30-6)17(3)12-25(18(4)14-26)32(22,28)29/h9-11,16-18,21,26H,12-15H2,1-6H3/t17-,18+,21+/m0/s1. The van der Waals surface area contributed by atoms with Gasteiger partial charge in [0.2, 0.25) is 15.9 Å². The van der Waals surface area contributed by atoms with Crippen LogP contribution in [0.25, 0.3) is 0 Å². The van der Waals surface area contributed by atoms with Crippen molar-refractivity contribution in [3.8, 4) is 17.6 Å². The fourth-order valence-corrected chi connectivity index (χ4v) is 5.18. The Labute approximate surface area is 191 Å². The minimum absolute atomic E-state index is 0.0238. The lowest BCUT2D eigenvalue weighted by atomic mass is 10.0. The predicted molar refractivity (Wildman–Crippen MR) is 122 cm³/mol. The van der Waals surface area contributed by atoms with Gasteiger partial charge in [-0.05, 0) is 25.1 Å². The fourth-order valence-electron chi connectivity index (χ4n) is 3.35. The first-order valence-electron chi connectivity index (χ1n) is 10.7. The molecule has 0 fully saturated rings. The molecule has 1 N–H and O–H groups in total. The molecule has 0 aliphatic carbocycles. The predicted octanol–water partition coefficient (Wildman–Crippen LogP) is 1.57. The molecule has 1 heterocycles. The second-order valence-corrected chi connectivity index (χ2v) is 10.4. The number of amides is 1. The van der Waals surface area contributed by atoms with Crippen LogP contribution in [-0.4, -0.2) is 81.2 Å². The maximum absolute atomic E-state index is 13.4. The van der Waals surface area contributed by atoms with E-state index >= 15 is 0 Å². The van der Waals surface area contributed by atoms with Gasteiger partial charge in [0.15, 0.2) is 0 Å². The van der Waals surface area contributed by atoms with E-state index in [2.05, 4.69) is 11.8 Å². The number of ether oxygens (including phenoxy) is 2. The summed E-state index contributed by atoms with van der Waals surface area (Å²) in [4.78, 5) is 13.8. The van der Waals surface area contributed by atoms with Crippen molar-refractivity contribution >= 4 is 15.9 Å². The number of benzene rings is 1. The van der Waals surface area contributed by atoms with Crippen LogP contribution in [0.15, 0.2) is 23.1 Å². The topological polar surface area (TPSA) is 96.4 Å². The number of aliphatic hydroxyl groups excluding tert-OH is 1. The average Bonchev–Trinajstić information content (AvgIpc) is 2.74. The fraction of sp³-hybridized carbons (Fsp3) is 0.609. The van der Waals surface area contributed by atoms with Crippen LogP contribution in [0.5, 0.6) is 5.75 Å². The summed E-state index contributed by atoms with van der Waals surface area (Å²) in [6, 6.07) is 4.18. The Hall–Kier alpha value is -2.12. The van der Waals surface area contributed by atoms with Crippen molar-refractivity contribution in [2.24, 2.45) is 11.8 Å². The Kier molecular flexibility index (Phi) is 9.10. The molecule has 178 valence electrons. The third-order valence-corrected chi connectivity index (χ3v) is 7.34. The van der Waals surface area contributed by atoms with Gasteiger partial charge in [0.1, 0.15) is 23.4 Å². The van der Waals surface area contributed by atoms with Crippen molar-refractivity contribution in [1.82, 2.24) is 9.21 Å². The van der Waals surface area contributed by atoms with Gasteiger partial charge in [-0.15, -0.1) is 0 Å². The van der Waals surface area contributed by atoms with E-state index in [4.69, 9.17) is 9.47 Å². The highest BCUT2D eigenvalue weighted by Gasteiger charge is 2.38. The Bertz CT molecular complexity index is 966. The molecule has 0 bridgehead atoms. The molecule has 3 atom stereocenters. The van der Waals surface area contributed by atoms with E-state index in [1.165, 1.54) is 22.4 Å². The molecule has 32 heavy (non-hydrogen) atoms. The first-order valence-corrected chi connectivity index (χ1v) is 12.1. The Balaban J connectivity index is 2.55. The van der Waals surface area contributed by atoms with Crippen molar-refractivity contribution in [3.05, 3.63) is 23.8 Å². The third-order valence-electron chi connectivity index (χ3n) is 5.32. The highest BCUT2D eigenvalue weighted by Crippen LogP contribution is 2.34. The summed E-state index contributed by atoms with van der Waals surface area (Å²) in [7, 11) is -0.799. The van der Waals surface area contributed by atoms with E-state index in [1.807, 2.05) is 20.8 Å². The number of carbonyl (C=O) groups excluding carboxylic acids is 1. The molecule has 0 unspecified atom stereocenters. The van der Waals surface area contributed by atoms with Crippen LogP contribution in [0.4, 0.5) is 0 Å². The number of methoxy groups -OCH3 is 1. The van der Waals surface area contributed by atoms with Crippen LogP contribution in [0, 0.1) is 23.7 Å². The molecule has 1 aromatic rings. The van der Waals surface area contributed by atoms with Crippen molar-refractivity contribution < 1.29 is 27.8 Å². The van der Waals surface area contributed by atoms with Crippen molar-refractivity contribution in [3.63, 3.8) is 0 Å². The Morgan fingerprint density at radius 2 is 2.06 bits per heavy atom. The number of nitrogens with zero attached hydrogens (tertiary/aromatic N) is 2. The average molecular weight is 467 g/mol. The summed E-state index contributed by atoms with van der Waals surface area (Å²) in [5.74, 6) is 6.02. The summed E-state index contributed by atoms with van der Waals surface area (Å²) in [6.07, 6.45) is -0.475. The lowest BCUT2D eigenvalue weighted by Gasteiger charge is -2.37. The van der Waals surface area contributed by atoms with Crippen LogP contribution < -0.4 is 4.74 Å². The van der Waals surface area contributed by atoms with Gasteiger partial charge in [0, 0.05) is 44.1 Å². The van der Waals surface area contributed by atoms with E-state index < -0.39 is 22.2 Å². The molecule has 1 amide bonds. The number of likely N-dealkylation sites (N-methyl/N-ethyl adjacent to an activating group) is 1. The number of aliphatic hydroxyl groups is 1. The van der Waals surface area contributed by atoms with Crippen molar-refractivity contribution in [2.45, 2.75) is 44.7 Å². The van der Waals surface area contributed by atoms with E-state index in [9.17, 15) is 18.3 Å². The highest BCUT2D eigenvalue weighted by molar-refractivity contribution is 7.89. The molecule has 1 aliphatic heterocycles. The largest absolute Gasteiger partial charge is 0.487 e. The van der Waals surface area contributed by atoms with Crippen molar-refractivity contribution in [1.29, 1.82) is 0 Å². The van der Waals surface area contributed by atoms with Gasteiger partial charge in [-0.1, -0.05) is 32.6 Å². The van der Waals surface area contributed by atoms with Gasteiger partial charge >= 0.3 is 0 Å². The molecule has 0 saturated carbocycles. The molecule has 0 saturated heterocycles. The van der Waals surface area contributed by atoms with Crippen LogP contribution in [0.1, 0.15) is 33.3 Å². The van der Waals surface area contributed by atoms with Crippen molar-refractivity contribution in [2.75, 3.05) is 40.5 Å². The van der Waals surface area contributed by atoms with Crippen LogP contribution in [-0.2, 0) is 19.6 Å². The molecular formula is C23H34N2O6S. The molecule has 1 aromatic carbocycles. The van der Waals surface area contributed by atoms with Gasteiger partial charge < -0.3 is 19.5 Å². The quantitative estimate of drug-likeness (QED) is 0.640. The highest BCUT2D eigenvalue weighted by atomic mass is 32.2. The van der Waals surface area contributed by atoms with Crippen LogP contribution in [0.3, 0.4) is 0 Å². The van der Waals surface area contributed by atoms with E-state index in [1.54, 1.807) is 26.1 Å². The molecule has 8 nitrogen and oxygen atoms in total. The van der Waals surface area contributed by atoms with Crippen LogP contribution >= 0.6 is 0 Å². The zero-order valence-corrected chi connectivity index (χ0v) is 20.5. The Morgan fingerprint density at radius 3 is 2.66 bits per heavy atom. The first-order chi connectivity index (χ1) is 15.0. The number of rotatable bonds is 6. The second kappa shape index (κ2) is 11.1. The SMILES string of the molecule is COCC(=O)N(C)C[C@H]1Oc2cc(C#CC(C)C)ccc2S(=O)(=O)N([C@H](C)CO)C[C@@H]1C. The third kappa shape index (κ3) is 6.23. The van der Waals surface area contributed by atoms with Crippen LogP contribution in [0.2, 0.25) is 0 Å². The van der Waals surface area contributed by atoms with Gasteiger partial charge in [0.25, 0.3) is 0 Å². The van der Waals surface area contributed by atoms with Gasteiger partial charge in [-0.3, -0.25) is 4.79 Å². The van der Waals surface area contributed by atoms with Gasteiger partial charge in [0.05, 0.1) is 13.2 Å². The van der Waals surface area contributed by atoms with Gasteiger partial charge in [-0.2, -0.15) is 4.31 Å². The summed E-state index contributed by atoms with van der Waals surface area (Å²) in [6.45, 7) is 7.53.